The van der Waals surface area contributed by atoms with E-state index >= 15 is 0 Å². The summed E-state index contributed by atoms with van der Waals surface area (Å²) in [6, 6.07) is 13.6. The molecule has 2 amide bonds. The summed E-state index contributed by atoms with van der Waals surface area (Å²) >= 11 is 1.68. The number of hydrogen-bond acceptors (Lipinski definition) is 4. The fraction of sp³-hybridized carbons (Fsp3) is 0.286. The van der Waals surface area contributed by atoms with Gasteiger partial charge in [-0.1, -0.05) is 35.9 Å². The first kappa shape index (κ1) is 24.7. The van der Waals surface area contributed by atoms with Gasteiger partial charge in [0.1, 0.15) is 24.7 Å². The predicted molar refractivity (Wildman–Crippen MR) is 136 cm³/mol. The minimum atomic E-state index is -0.611. The van der Waals surface area contributed by atoms with Gasteiger partial charge in [0, 0.05) is 18.0 Å². The largest absolute Gasteiger partial charge is 0.491 e. The highest BCUT2D eigenvalue weighted by Gasteiger charge is 2.33. The van der Waals surface area contributed by atoms with E-state index in [0.29, 0.717) is 13.2 Å². The molecule has 0 fully saturated rings. The Balaban J connectivity index is 1.54. The molecule has 2 aromatic carbocycles. The minimum absolute atomic E-state index is 0.0596. The van der Waals surface area contributed by atoms with Crippen LogP contribution in [0.25, 0.3) is 0 Å². The second kappa shape index (κ2) is 10.9. The summed E-state index contributed by atoms with van der Waals surface area (Å²) in [6.45, 7) is 8.55. The molecule has 1 aliphatic heterocycles. The van der Waals surface area contributed by atoms with Crippen LogP contribution in [-0.4, -0.2) is 47.9 Å². The Morgan fingerprint density at radius 1 is 1.23 bits per heavy atom. The van der Waals surface area contributed by atoms with Gasteiger partial charge in [0.2, 0.25) is 5.91 Å². The number of rotatable bonds is 8. The average molecular weight is 493 g/mol. The minimum Gasteiger partial charge on any atom is -0.491 e. The summed E-state index contributed by atoms with van der Waals surface area (Å²) in [5.74, 6) is -0.566. The van der Waals surface area contributed by atoms with Gasteiger partial charge in [-0.3, -0.25) is 9.59 Å². The second-order valence-corrected chi connectivity index (χ2v) is 9.69. The lowest BCUT2D eigenvalue weighted by atomic mass is 10.00. The lowest BCUT2D eigenvalue weighted by Gasteiger charge is -2.37. The molecular formula is C28H29FN2O3S. The standard InChI is InChI=1S/C28H29FN2O3S/c1-4-13-30(28(33)21-7-5-6-8-23(21)29)17-27(32)31-14-11-26-22(12-15-35-26)24(31)18-34-25-10-9-19(2)16-20(25)3/h4-10,12,15-16,24H,1,11,13-14,17-18H2,2-3H3. The van der Waals surface area contributed by atoms with E-state index in [-0.39, 0.29) is 30.6 Å². The van der Waals surface area contributed by atoms with Gasteiger partial charge in [-0.2, -0.15) is 0 Å². The molecule has 1 aromatic heterocycles. The summed E-state index contributed by atoms with van der Waals surface area (Å²) in [6.07, 6.45) is 2.29. The Morgan fingerprint density at radius 2 is 2.03 bits per heavy atom. The maximum atomic E-state index is 14.3. The highest BCUT2D eigenvalue weighted by Crippen LogP contribution is 2.34. The first-order valence-electron chi connectivity index (χ1n) is 11.6. The summed E-state index contributed by atoms with van der Waals surface area (Å²) in [7, 11) is 0. The molecule has 0 saturated heterocycles. The van der Waals surface area contributed by atoms with Gasteiger partial charge < -0.3 is 14.5 Å². The molecule has 35 heavy (non-hydrogen) atoms. The molecule has 5 nitrogen and oxygen atoms in total. The number of nitrogens with zero attached hydrogens (tertiary/aromatic N) is 2. The highest BCUT2D eigenvalue weighted by molar-refractivity contribution is 7.10. The maximum absolute atomic E-state index is 14.3. The van der Waals surface area contributed by atoms with E-state index in [0.717, 1.165) is 28.9 Å². The molecule has 0 radical (unpaired) electrons. The van der Waals surface area contributed by atoms with Crippen molar-refractivity contribution in [2.75, 3.05) is 26.2 Å². The van der Waals surface area contributed by atoms with Crippen molar-refractivity contribution in [2.45, 2.75) is 26.3 Å². The smallest absolute Gasteiger partial charge is 0.257 e. The molecule has 0 saturated carbocycles. The van der Waals surface area contributed by atoms with E-state index in [9.17, 15) is 14.0 Å². The average Bonchev–Trinajstić information content (AvgIpc) is 3.32. The van der Waals surface area contributed by atoms with Crippen molar-refractivity contribution in [3.8, 4) is 5.75 Å². The zero-order valence-electron chi connectivity index (χ0n) is 20.0. The van der Waals surface area contributed by atoms with E-state index < -0.39 is 11.7 Å². The molecular weight excluding hydrogens is 463 g/mol. The SMILES string of the molecule is C=CCN(CC(=O)N1CCc2sccc2C1COc1ccc(C)cc1C)C(=O)c1ccccc1F. The van der Waals surface area contributed by atoms with Gasteiger partial charge in [0.15, 0.2) is 0 Å². The first-order valence-corrected chi connectivity index (χ1v) is 12.5. The summed E-state index contributed by atoms with van der Waals surface area (Å²) in [5.41, 5.74) is 3.22. The second-order valence-electron chi connectivity index (χ2n) is 8.69. The molecule has 2 heterocycles. The molecule has 7 heteroatoms. The van der Waals surface area contributed by atoms with Crippen molar-refractivity contribution in [2.24, 2.45) is 0 Å². The number of ether oxygens (including phenoxy) is 1. The molecule has 1 aliphatic rings. The number of carbonyl (C=O) groups excluding carboxylic acids is 2. The normalized spacial score (nSPS) is 14.8. The summed E-state index contributed by atoms with van der Waals surface area (Å²) in [5, 5.41) is 2.04. The number of amides is 2. The Hall–Kier alpha value is -3.45. The fourth-order valence-electron chi connectivity index (χ4n) is 4.44. The van der Waals surface area contributed by atoms with Gasteiger partial charge in [0.05, 0.1) is 11.6 Å². The topological polar surface area (TPSA) is 49.9 Å². The van der Waals surface area contributed by atoms with Gasteiger partial charge in [-0.05, 0) is 61.0 Å². The molecule has 3 aromatic rings. The van der Waals surface area contributed by atoms with Crippen LogP contribution in [0.4, 0.5) is 4.39 Å². The highest BCUT2D eigenvalue weighted by atomic mass is 32.1. The van der Waals surface area contributed by atoms with E-state index in [1.54, 1.807) is 28.4 Å². The van der Waals surface area contributed by atoms with Crippen molar-refractivity contribution in [3.05, 3.63) is 99.5 Å². The third kappa shape index (κ3) is 5.46. The molecule has 0 spiro atoms. The third-order valence-corrected chi connectivity index (χ3v) is 7.21. The van der Waals surface area contributed by atoms with Crippen LogP contribution in [0.1, 0.15) is 38.0 Å². The van der Waals surface area contributed by atoms with Crippen molar-refractivity contribution in [1.29, 1.82) is 0 Å². The molecule has 0 N–H and O–H groups in total. The molecule has 4 rings (SSSR count). The van der Waals surface area contributed by atoms with E-state index in [2.05, 4.69) is 12.6 Å². The van der Waals surface area contributed by atoms with Crippen LogP contribution in [0.3, 0.4) is 0 Å². The zero-order chi connectivity index (χ0) is 24.9. The van der Waals surface area contributed by atoms with Crippen molar-refractivity contribution >= 4 is 23.2 Å². The number of thiophene rings is 1. The van der Waals surface area contributed by atoms with Crippen LogP contribution < -0.4 is 4.74 Å². The van der Waals surface area contributed by atoms with Gasteiger partial charge >= 0.3 is 0 Å². The van der Waals surface area contributed by atoms with Crippen LogP contribution in [0.2, 0.25) is 0 Å². The molecule has 0 bridgehead atoms. The lowest BCUT2D eigenvalue weighted by Crippen LogP contribution is -2.48. The lowest BCUT2D eigenvalue weighted by molar-refractivity contribution is -0.135. The number of benzene rings is 2. The Morgan fingerprint density at radius 3 is 2.77 bits per heavy atom. The number of aryl methyl sites for hydroxylation is 2. The van der Waals surface area contributed by atoms with Gasteiger partial charge in [-0.25, -0.2) is 4.39 Å². The number of fused-ring (bicyclic) bond motifs is 1. The quantitative estimate of drug-likeness (QED) is 0.399. The Labute approximate surface area is 209 Å². The first-order chi connectivity index (χ1) is 16.9. The summed E-state index contributed by atoms with van der Waals surface area (Å²) in [4.78, 5) is 30.9. The van der Waals surface area contributed by atoms with Crippen molar-refractivity contribution in [1.82, 2.24) is 9.80 Å². The van der Waals surface area contributed by atoms with Crippen LogP contribution in [-0.2, 0) is 11.2 Å². The molecule has 1 atom stereocenters. The molecule has 1 unspecified atom stereocenters. The Bertz CT molecular complexity index is 1240. The fourth-order valence-corrected chi connectivity index (χ4v) is 5.37. The van der Waals surface area contributed by atoms with Crippen LogP contribution in [0.5, 0.6) is 5.75 Å². The van der Waals surface area contributed by atoms with Crippen LogP contribution in [0, 0.1) is 19.7 Å². The molecule has 0 aliphatic carbocycles. The monoisotopic (exact) mass is 492 g/mol. The summed E-state index contributed by atoms with van der Waals surface area (Å²) < 4.78 is 20.4. The van der Waals surface area contributed by atoms with Crippen LogP contribution in [0.15, 0.2) is 66.6 Å². The number of halogens is 1. The number of carbonyl (C=O) groups is 2. The third-order valence-electron chi connectivity index (χ3n) is 6.21. The van der Waals surface area contributed by atoms with E-state index in [1.807, 2.05) is 37.4 Å². The van der Waals surface area contributed by atoms with Crippen molar-refractivity contribution < 1.29 is 18.7 Å². The van der Waals surface area contributed by atoms with Crippen molar-refractivity contribution in [3.63, 3.8) is 0 Å². The zero-order valence-corrected chi connectivity index (χ0v) is 20.8. The number of hydrogen-bond donors (Lipinski definition) is 0. The Kier molecular flexibility index (Phi) is 7.66. The van der Waals surface area contributed by atoms with Gasteiger partial charge in [-0.15, -0.1) is 17.9 Å². The van der Waals surface area contributed by atoms with E-state index in [1.165, 1.54) is 28.0 Å². The van der Waals surface area contributed by atoms with Crippen LogP contribution >= 0.6 is 11.3 Å². The maximum Gasteiger partial charge on any atom is 0.257 e. The van der Waals surface area contributed by atoms with Gasteiger partial charge in [0.25, 0.3) is 5.91 Å². The molecule has 182 valence electrons. The van der Waals surface area contributed by atoms with E-state index in [4.69, 9.17) is 4.74 Å². The predicted octanol–water partition coefficient (Wildman–Crippen LogP) is 5.34.